The summed E-state index contributed by atoms with van der Waals surface area (Å²) in [5.41, 5.74) is 1.56. The monoisotopic (exact) mass is 391 g/mol. The maximum Gasteiger partial charge on any atom is 0.288 e. The first-order chi connectivity index (χ1) is 12.6. The maximum atomic E-state index is 12.3. The zero-order valence-electron chi connectivity index (χ0n) is 13.8. The third-order valence-corrected chi connectivity index (χ3v) is 5.53. The molecular formula is C17H17N3O4S2. The van der Waals surface area contributed by atoms with Crippen molar-refractivity contribution in [3.63, 3.8) is 0 Å². The van der Waals surface area contributed by atoms with Crippen LogP contribution in [-0.4, -0.2) is 63.9 Å². The normalized spacial score (nSPS) is 17.5. The lowest BCUT2D eigenvalue weighted by molar-refractivity contribution is -0.131. The van der Waals surface area contributed by atoms with E-state index in [0.29, 0.717) is 5.70 Å². The van der Waals surface area contributed by atoms with Crippen LogP contribution < -0.4 is 5.32 Å². The van der Waals surface area contributed by atoms with Gasteiger partial charge in [-0.2, -0.15) is 0 Å². The first-order valence-electron chi connectivity index (χ1n) is 7.97. The number of amides is 4. The lowest BCUT2D eigenvalue weighted by Gasteiger charge is -2.28. The predicted octanol–water partition coefficient (Wildman–Crippen LogP) is 1.37. The van der Waals surface area contributed by atoms with Gasteiger partial charge in [0.1, 0.15) is 6.54 Å². The average molecular weight is 391 g/mol. The fourth-order valence-electron chi connectivity index (χ4n) is 2.58. The molecule has 0 aromatic heterocycles. The van der Waals surface area contributed by atoms with Crippen LogP contribution in [0.25, 0.3) is 5.70 Å². The highest BCUT2D eigenvalue weighted by molar-refractivity contribution is 8.14. The molecule has 1 fully saturated rings. The van der Waals surface area contributed by atoms with Crippen molar-refractivity contribution >= 4 is 52.2 Å². The molecule has 1 saturated heterocycles. The highest BCUT2D eigenvalue weighted by Crippen LogP contribution is 2.27. The number of benzene rings is 1. The Morgan fingerprint density at radius 2 is 1.77 bits per heavy atom. The summed E-state index contributed by atoms with van der Waals surface area (Å²) >= 11 is 2.36. The minimum atomic E-state index is -0.334. The molecule has 4 amide bonds. The van der Waals surface area contributed by atoms with E-state index in [1.165, 1.54) is 16.7 Å². The van der Waals surface area contributed by atoms with Crippen molar-refractivity contribution in [3.05, 3.63) is 41.3 Å². The molecule has 0 aliphatic carbocycles. The second-order valence-corrected chi connectivity index (χ2v) is 7.39. The smallest absolute Gasteiger partial charge is 0.288 e. The molecular weight excluding hydrogens is 374 g/mol. The van der Waals surface area contributed by atoms with Gasteiger partial charge in [-0.1, -0.05) is 42.1 Å². The summed E-state index contributed by atoms with van der Waals surface area (Å²) in [5.74, 6) is -0.270. The Kier molecular flexibility index (Phi) is 6.00. The third kappa shape index (κ3) is 4.28. The zero-order chi connectivity index (χ0) is 18.5. The third-order valence-electron chi connectivity index (χ3n) is 3.86. The standard InChI is InChI=1S/C17H17N3O4S2/c21-14(18-6-7-19-16(23)11-26-17(19)24)8-20-13(9-25-10-15(20)22)12-4-2-1-3-5-12/h1-5,9H,6-8,10-11H2,(H,18,21). The summed E-state index contributed by atoms with van der Waals surface area (Å²) in [6.07, 6.45) is 0. The van der Waals surface area contributed by atoms with Crippen LogP contribution in [0.4, 0.5) is 4.79 Å². The van der Waals surface area contributed by atoms with E-state index in [0.717, 1.165) is 22.2 Å². The van der Waals surface area contributed by atoms with Crippen molar-refractivity contribution in [1.29, 1.82) is 0 Å². The van der Waals surface area contributed by atoms with Gasteiger partial charge in [-0.3, -0.25) is 24.1 Å². The number of carbonyl (C=O) groups is 4. The molecule has 2 aliphatic heterocycles. The summed E-state index contributed by atoms with van der Waals surface area (Å²) < 4.78 is 0. The predicted molar refractivity (Wildman–Crippen MR) is 101 cm³/mol. The molecule has 2 heterocycles. The van der Waals surface area contributed by atoms with Crippen molar-refractivity contribution in [1.82, 2.24) is 15.1 Å². The number of imide groups is 1. The van der Waals surface area contributed by atoms with Gasteiger partial charge >= 0.3 is 0 Å². The highest BCUT2D eigenvalue weighted by Gasteiger charge is 2.29. The minimum Gasteiger partial charge on any atom is -0.353 e. The van der Waals surface area contributed by atoms with Gasteiger partial charge < -0.3 is 10.2 Å². The van der Waals surface area contributed by atoms with Crippen molar-refractivity contribution in [3.8, 4) is 0 Å². The van der Waals surface area contributed by atoms with Crippen molar-refractivity contribution in [2.45, 2.75) is 0 Å². The van der Waals surface area contributed by atoms with Gasteiger partial charge in [-0.05, 0) is 11.0 Å². The van der Waals surface area contributed by atoms with Gasteiger partial charge in [0.2, 0.25) is 17.7 Å². The fraction of sp³-hybridized carbons (Fsp3) is 0.294. The van der Waals surface area contributed by atoms with Crippen LogP contribution in [0.2, 0.25) is 0 Å². The summed E-state index contributed by atoms with van der Waals surface area (Å²) in [5, 5.41) is 4.26. The Morgan fingerprint density at radius 3 is 2.46 bits per heavy atom. The number of nitrogens with zero attached hydrogens (tertiary/aromatic N) is 2. The number of hydrogen-bond acceptors (Lipinski definition) is 6. The van der Waals surface area contributed by atoms with E-state index in [2.05, 4.69) is 5.32 Å². The molecule has 0 bridgehead atoms. The van der Waals surface area contributed by atoms with Gasteiger partial charge in [0, 0.05) is 13.1 Å². The quantitative estimate of drug-likeness (QED) is 0.788. The molecule has 136 valence electrons. The van der Waals surface area contributed by atoms with E-state index >= 15 is 0 Å². The fourth-order valence-corrected chi connectivity index (χ4v) is 4.13. The van der Waals surface area contributed by atoms with Crippen LogP contribution in [0.15, 0.2) is 35.7 Å². The first kappa shape index (κ1) is 18.5. The SMILES string of the molecule is O=C(CN1C(=O)CSC=C1c1ccccc1)NCCN1C(=O)CSC1=O. The van der Waals surface area contributed by atoms with Crippen molar-refractivity contribution in [2.24, 2.45) is 0 Å². The number of nitrogens with one attached hydrogen (secondary N) is 1. The maximum absolute atomic E-state index is 12.3. The second-order valence-electron chi connectivity index (χ2n) is 5.61. The molecule has 1 aromatic carbocycles. The van der Waals surface area contributed by atoms with E-state index in [1.807, 2.05) is 35.7 Å². The topological polar surface area (TPSA) is 86.8 Å². The van der Waals surface area contributed by atoms with Gasteiger partial charge in [0.15, 0.2) is 0 Å². The molecule has 0 spiro atoms. The molecule has 1 N–H and O–H groups in total. The Bertz CT molecular complexity index is 751. The van der Waals surface area contributed by atoms with Crippen LogP contribution in [0, 0.1) is 0 Å². The molecule has 0 unspecified atom stereocenters. The summed E-state index contributed by atoms with van der Waals surface area (Å²) in [4.78, 5) is 50.1. The molecule has 7 nitrogen and oxygen atoms in total. The largest absolute Gasteiger partial charge is 0.353 e. The Balaban J connectivity index is 1.57. The molecule has 1 aromatic rings. The van der Waals surface area contributed by atoms with E-state index in [1.54, 1.807) is 0 Å². The number of hydrogen-bond donors (Lipinski definition) is 1. The van der Waals surface area contributed by atoms with E-state index in [4.69, 9.17) is 0 Å². The van der Waals surface area contributed by atoms with Crippen LogP contribution in [0.5, 0.6) is 0 Å². The van der Waals surface area contributed by atoms with Crippen LogP contribution in [0.1, 0.15) is 5.56 Å². The zero-order valence-corrected chi connectivity index (χ0v) is 15.5. The molecule has 0 atom stereocenters. The van der Waals surface area contributed by atoms with Crippen LogP contribution in [0.3, 0.4) is 0 Å². The van der Waals surface area contributed by atoms with Gasteiger partial charge in [-0.25, -0.2) is 0 Å². The molecule has 0 radical (unpaired) electrons. The number of rotatable bonds is 6. The average Bonchev–Trinajstić information content (AvgIpc) is 2.96. The number of thioether (sulfide) groups is 2. The van der Waals surface area contributed by atoms with Gasteiger partial charge in [0.05, 0.1) is 17.2 Å². The minimum absolute atomic E-state index is 0.100. The van der Waals surface area contributed by atoms with Crippen LogP contribution >= 0.6 is 23.5 Å². The van der Waals surface area contributed by atoms with Crippen LogP contribution in [-0.2, 0) is 14.4 Å². The van der Waals surface area contributed by atoms with E-state index in [-0.39, 0.29) is 54.1 Å². The summed E-state index contributed by atoms with van der Waals surface area (Å²) in [6.45, 7) is 0.205. The molecule has 3 rings (SSSR count). The number of carbonyl (C=O) groups excluding carboxylic acids is 4. The lowest BCUT2D eigenvalue weighted by Crippen LogP contribution is -2.44. The molecule has 2 aliphatic rings. The van der Waals surface area contributed by atoms with Gasteiger partial charge in [0.25, 0.3) is 5.24 Å². The molecule has 9 heteroatoms. The Hall–Kier alpha value is -2.26. The first-order valence-corrected chi connectivity index (χ1v) is 10.0. The highest BCUT2D eigenvalue weighted by atomic mass is 32.2. The van der Waals surface area contributed by atoms with Crippen molar-refractivity contribution in [2.75, 3.05) is 31.1 Å². The van der Waals surface area contributed by atoms with Crippen molar-refractivity contribution < 1.29 is 19.2 Å². The second kappa shape index (κ2) is 8.41. The summed E-state index contributed by atoms with van der Waals surface area (Å²) in [6, 6.07) is 9.41. The van der Waals surface area contributed by atoms with E-state index in [9.17, 15) is 19.2 Å². The molecule has 0 saturated carbocycles. The summed E-state index contributed by atoms with van der Waals surface area (Å²) in [7, 11) is 0. The Labute approximate surface area is 159 Å². The molecule has 26 heavy (non-hydrogen) atoms. The van der Waals surface area contributed by atoms with E-state index < -0.39 is 0 Å². The van der Waals surface area contributed by atoms with Gasteiger partial charge in [-0.15, -0.1) is 11.8 Å². The lowest BCUT2D eigenvalue weighted by atomic mass is 10.1. The Morgan fingerprint density at radius 1 is 1.04 bits per heavy atom.